The summed E-state index contributed by atoms with van der Waals surface area (Å²) in [5, 5.41) is 2.70. The van der Waals surface area contributed by atoms with Gasteiger partial charge in [-0.3, -0.25) is 0 Å². The first-order valence-corrected chi connectivity index (χ1v) is 6.52. The van der Waals surface area contributed by atoms with Crippen LogP contribution in [0, 0.1) is 0 Å². The Hall–Kier alpha value is -2.34. The molecule has 2 amide bonds. The number of halogens is 4. The Morgan fingerprint density at radius 2 is 1.59 bits per heavy atom. The molecule has 0 aliphatic rings. The summed E-state index contributed by atoms with van der Waals surface area (Å²) in [6, 6.07) is 11.7. The number of benzene rings is 2. The number of carbonyl (C=O) groups is 1. The molecule has 0 aliphatic heterocycles. The Kier molecular flexibility index (Phi) is 4.82. The Labute approximate surface area is 129 Å². The van der Waals surface area contributed by atoms with Crippen LogP contribution in [0.3, 0.4) is 0 Å². The molecule has 0 atom stereocenters. The lowest BCUT2D eigenvalue weighted by Crippen LogP contribution is -2.26. The van der Waals surface area contributed by atoms with Crippen LogP contribution in [0.2, 0.25) is 5.02 Å². The first-order chi connectivity index (χ1) is 10.4. The van der Waals surface area contributed by atoms with E-state index in [-0.39, 0.29) is 5.56 Å². The van der Waals surface area contributed by atoms with Gasteiger partial charge in [-0.1, -0.05) is 41.9 Å². The first-order valence-electron chi connectivity index (χ1n) is 6.14. The molecule has 7 heteroatoms. The van der Waals surface area contributed by atoms with Gasteiger partial charge in [0.2, 0.25) is 0 Å². The van der Waals surface area contributed by atoms with Crippen molar-refractivity contribution in [1.29, 1.82) is 0 Å². The standard InChI is InChI=1S/C15H10ClF3N2O/c16-11-6-8-12(9-7-11)20-14(22)21-13(15(17,18)19)10-4-2-1-3-5-10/h1-9H,(H,20,22). The average Bonchev–Trinajstić information content (AvgIpc) is 2.47. The molecule has 2 rings (SSSR count). The minimum Gasteiger partial charge on any atom is -0.306 e. The van der Waals surface area contributed by atoms with E-state index in [0.717, 1.165) is 0 Å². The van der Waals surface area contributed by atoms with E-state index in [0.29, 0.717) is 10.7 Å². The van der Waals surface area contributed by atoms with E-state index in [2.05, 4.69) is 10.3 Å². The molecule has 2 aromatic rings. The SMILES string of the molecule is O=C(N=C(c1ccccc1)C(F)(F)F)Nc1ccc(Cl)cc1. The molecule has 0 unspecified atom stereocenters. The summed E-state index contributed by atoms with van der Waals surface area (Å²) in [5.74, 6) is 0. The maximum Gasteiger partial charge on any atom is 0.434 e. The van der Waals surface area contributed by atoms with Crippen LogP contribution in [0.5, 0.6) is 0 Å². The van der Waals surface area contributed by atoms with Crippen LogP contribution in [0.25, 0.3) is 0 Å². The molecular weight excluding hydrogens is 317 g/mol. The number of carbonyl (C=O) groups excluding carboxylic acids is 1. The molecule has 0 heterocycles. The van der Waals surface area contributed by atoms with Gasteiger partial charge in [0, 0.05) is 16.3 Å². The average molecular weight is 327 g/mol. The van der Waals surface area contributed by atoms with Crippen molar-refractivity contribution in [3.8, 4) is 0 Å². The topological polar surface area (TPSA) is 41.5 Å². The van der Waals surface area contributed by atoms with Crippen LogP contribution in [-0.4, -0.2) is 17.9 Å². The summed E-state index contributed by atoms with van der Waals surface area (Å²) in [4.78, 5) is 14.8. The van der Waals surface area contributed by atoms with Gasteiger partial charge in [0.05, 0.1) is 0 Å². The van der Waals surface area contributed by atoms with Gasteiger partial charge in [0.25, 0.3) is 0 Å². The smallest absolute Gasteiger partial charge is 0.306 e. The molecule has 0 saturated carbocycles. The van der Waals surface area contributed by atoms with Crippen molar-refractivity contribution in [2.75, 3.05) is 5.32 Å². The number of hydrogen-bond acceptors (Lipinski definition) is 1. The van der Waals surface area contributed by atoms with E-state index >= 15 is 0 Å². The molecule has 0 radical (unpaired) electrons. The van der Waals surface area contributed by atoms with Crippen LogP contribution in [0.15, 0.2) is 59.6 Å². The number of amides is 2. The minimum absolute atomic E-state index is 0.179. The van der Waals surface area contributed by atoms with Crippen molar-refractivity contribution in [3.63, 3.8) is 0 Å². The zero-order chi connectivity index (χ0) is 16.2. The Balaban J connectivity index is 2.26. The number of anilines is 1. The molecule has 1 N–H and O–H groups in total. The maximum absolute atomic E-state index is 13.0. The third-order valence-electron chi connectivity index (χ3n) is 2.62. The number of rotatable bonds is 2. The fourth-order valence-corrected chi connectivity index (χ4v) is 1.80. The van der Waals surface area contributed by atoms with Crippen molar-refractivity contribution >= 4 is 29.0 Å². The van der Waals surface area contributed by atoms with E-state index in [1.807, 2.05) is 0 Å². The highest BCUT2D eigenvalue weighted by atomic mass is 35.5. The van der Waals surface area contributed by atoms with E-state index in [4.69, 9.17) is 11.6 Å². The van der Waals surface area contributed by atoms with Gasteiger partial charge < -0.3 is 5.32 Å². The molecule has 2 aromatic carbocycles. The fourth-order valence-electron chi connectivity index (χ4n) is 1.67. The molecule has 0 bridgehead atoms. The van der Waals surface area contributed by atoms with E-state index in [9.17, 15) is 18.0 Å². The van der Waals surface area contributed by atoms with Crippen LogP contribution in [-0.2, 0) is 0 Å². The molecular formula is C15H10ClF3N2O. The second-order valence-electron chi connectivity index (χ2n) is 4.26. The molecule has 22 heavy (non-hydrogen) atoms. The molecule has 114 valence electrons. The Morgan fingerprint density at radius 3 is 2.14 bits per heavy atom. The number of urea groups is 1. The summed E-state index contributed by atoms with van der Waals surface area (Å²) in [6.07, 6.45) is -4.74. The Bertz CT molecular complexity index is 682. The van der Waals surface area contributed by atoms with Crippen LogP contribution in [0.4, 0.5) is 23.7 Å². The number of hydrogen-bond donors (Lipinski definition) is 1. The van der Waals surface area contributed by atoms with Gasteiger partial charge in [0.1, 0.15) is 0 Å². The quantitative estimate of drug-likeness (QED) is 0.782. The van der Waals surface area contributed by atoms with E-state index in [1.165, 1.54) is 48.5 Å². The third kappa shape index (κ3) is 4.33. The summed E-state index contributed by atoms with van der Waals surface area (Å²) in [7, 11) is 0. The number of nitrogens with zero attached hydrogens (tertiary/aromatic N) is 1. The minimum atomic E-state index is -4.74. The predicted octanol–water partition coefficient (Wildman–Crippen LogP) is 4.92. The molecule has 0 aliphatic carbocycles. The fraction of sp³-hybridized carbons (Fsp3) is 0.0667. The van der Waals surface area contributed by atoms with E-state index in [1.54, 1.807) is 6.07 Å². The Morgan fingerprint density at radius 1 is 1.00 bits per heavy atom. The van der Waals surface area contributed by atoms with Gasteiger partial charge >= 0.3 is 12.2 Å². The lowest BCUT2D eigenvalue weighted by molar-refractivity contribution is -0.0580. The normalized spacial score (nSPS) is 12.1. The first kappa shape index (κ1) is 16.0. The van der Waals surface area contributed by atoms with Crippen molar-refractivity contribution in [3.05, 3.63) is 65.2 Å². The van der Waals surface area contributed by atoms with Crippen molar-refractivity contribution in [1.82, 2.24) is 0 Å². The molecule has 3 nitrogen and oxygen atoms in total. The molecule has 0 spiro atoms. The third-order valence-corrected chi connectivity index (χ3v) is 2.88. The molecule has 0 aromatic heterocycles. The predicted molar refractivity (Wildman–Crippen MR) is 79.5 cm³/mol. The van der Waals surface area contributed by atoms with Crippen LogP contribution < -0.4 is 5.32 Å². The number of aliphatic imine (C=N–C) groups is 1. The highest BCUT2D eigenvalue weighted by Crippen LogP contribution is 2.23. The van der Waals surface area contributed by atoms with Crippen molar-refractivity contribution < 1.29 is 18.0 Å². The summed E-state index contributed by atoms with van der Waals surface area (Å²) in [6.45, 7) is 0. The van der Waals surface area contributed by atoms with Gasteiger partial charge in [-0.25, -0.2) is 4.79 Å². The van der Waals surface area contributed by atoms with E-state index < -0.39 is 17.9 Å². The van der Waals surface area contributed by atoms with Gasteiger partial charge in [-0.05, 0) is 24.3 Å². The second-order valence-corrected chi connectivity index (χ2v) is 4.70. The highest BCUT2D eigenvalue weighted by molar-refractivity contribution is 6.30. The van der Waals surface area contributed by atoms with Gasteiger partial charge in [0.15, 0.2) is 5.71 Å². The van der Waals surface area contributed by atoms with Gasteiger partial charge in [-0.2, -0.15) is 18.2 Å². The summed E-state index contributed by atoms with van der Waals surface area (Å²) >= 11 is 5.68. The van der Waals surface area contributed by atoms with Crippen LogP contribution in [0.1, 0.15) is 5.56 Å². The second kappa shape index (κ2) is 6.62. The van der Waals surface area contributed by atoms with Crippen molar-refractivity contribution in [2.24, 2.45) is 4.99 Å². The number of alkyl halides is 3. The molecule has 0 fully saturated rings. The van der Waals surface area contributed by atoms with Gasteiger partial charge in [-0.15, -0.1) is 0 Å². The monoisotopic (exact) mass is 326 g/mol. The summed E-state index contributed by atoms with van der Waals surface area (Å²) in [5.41, 5.74) is -1.13. The molecule has 0 saturated heterocycles. The largest absolute Gasteiger partial charge is 0.434 e. The lowest BCUT2D eigenvalue weighted by atomic mass is 10.1. The van der Waals surface area contributed by atoms with Crippen molar-refractivity contribution in [2.45, 2.75) is 6.18 Å². The zero-order valence-electron chi connectivity index (χ0n) is 11.1. The highest BCUT2D eigenvalue weighted by Gasteiger charge is 2.37. The lowest BCUT2D eigenvalue weighted by Gasteiger charge is -2.10. The summed E-state index contributed by atoms with van der Waals surface area (Å²) < 4.78 is 39.1. The number of nitrogens with one attached hydrogen (secondary N) is 1. The maximum atomic E-state index is 13.0. The van der Waals surface area contributed by atoms with Crippen LogP contribution >= 0.6 is 11.6 Å². The zero-order valence-corrected chi connectivity index (χ0v) is 11.8.